The molecule has 1 amide bonds. The van der Waals surface area contributed by atoms with Crippen molar-refractivity contribution in [2.24, 2.45) is 5.92 Å². The van der Waals surface area contributed by atoms with Gasteiger partial charge in [0, 0.05) is 39.1 Å². The molecule has 0 radical (unpaired) electrons. The standard InChI is InChI=1S/C21H29N5O2/c1-24(16-18-6-5-15-28-18)21(27)17-9-13-26(14-10-17)20-8-7-19(22-23-20)25-11-3-2-4-12-25/h5-8,15,17H,2-4,9-14,16H2,1H3. The second kappa shape index (κ2) is 8.63. The largest absolute Gasteiger partial charge is 0.467 e. The Morgan fingerprint density at radius 1 is 1.04 bits per heavy atom. The first-order valence-electron chi connectivity index (χ1n) is 10.3. The zero-order valence-electron chi connectivity index (χ0n) is 16.6. The summed E-state index contributed by atoms with van der Waals surface area (Å²) in [7, 11) is 1.85. The molecule has 2 aromatic rings. The smallest absolute Gasteiger partial charge is 0.225 e. The van der Waals surface area contributed by atoms with E-state index in [1.807, 2.05) is 19.2 Å². The monoisotopic (exact) mass is 383 g/mol. The number of carbonyl (C=O) groups is 1. The summed E-state index contributed by atoms with van der Waals surface area (Å²) in [5.41, 5.74) is 0. The fraction of sp³-hybridized carbons (Fsp3) is 0.571. The third-order valence-corrected chi connectivity index (χ3v) is 5.83. The van der Waals surface area contributed by atoms with Gasteiger partial charge in [-0.3, -0.25) is 4.79 Å². The van der Waals surface area contributed by atoms with Gasteiger partial charge < -0.3 is 19.1 Å². The molecule has 150 valence electrons. The third kappa shape index (κ3) is 4.29. The number of amides is 1. The van der Waals surface area contributed by atoms with Gasteiger partial charge in [-0.05, 0) is 56.4 Å². The fourth-order valence-electron chi connectivity index (χ4n) is 4.16. The highest BCUT2D eigenvalue weighted by Gasteiger charge is 2.28. The van der Waals surface area contributed by atoms with Gasteiger partial charge in [-0.2, -0.15) is 0 Å². The van der Waals surface area contributed by atoms with Crippen molar-refractivity contribution in [3.63, 3.8) is 0 Å². The molecular formula is C21H29N5O2. The first-order valence-corrected chi connectivity index (χ1v) is 10.3. The van der Waals surface area contributed by atoms with Gasteiger partial charge in [0.25, 0.3) is 0 Å². The van der Waals surface area contributed by atoms with E-state index in [9.17, 15) is 4.79 Å². The molecule has 4 rings (SSSR count). The minimum Gasteiger partial charge on any atom is -0.467 e. The second-order valence-electron chi connectivity index (χ2n) is 7.83. The average Bonchev–Trinajstić information content (AvgIpc) is 3.27. The van der Waals surface area contributed by atoms with E-state index in [4.69, 9.17) is 4.42 Å². The molecule has 0 aliphatic carbocycles. The number of hydrogen-bond acceptors (Lipinski definition) is 6. The van der Waals surface area contributed by atoms with Crippen molar-refractivity contribution in [1.82, 2.24) is 15.1 Å². The summed E-state index contributed by atoms with van der Waals surface area (Å²) >= 11 is 0. The van der Waals surface area contributed by atoms with Crippen LogP contribution in [0.2, 0.25) is 0 Å². The maximum Gasteiger partial charge on any atom is 0.225 e. The van der Waals surface area contributed by atoms with Gasteiger partial charge in [0.05, 0.1) is 12.8 Å². The Hall–Kier alpha value is -2.57. The first-order chi connectivity index (χ1) is 13.7. The van der Waals surface area contributed by atoms with E-state index in [-0.39, 0.29) is 11.8 Å². The highest BCUT2D eigenvalue weighted by molar-refractivity contribution is 5.78. The highest BCUT2D eigenvalue weighted by atomic mass is 16.3. The lowest BCUT2D eigenvalue weighted by atomic mass is 9.95. The van der Waals surface area contributed by atoms with Crippen molar-refractivity contribution in [2.45, 2.75) is 38.6 Å². The van der Waals surface area contributed by atoms with E-state index in [1.54, 1.807) is 11.2 Å². The SMILES string of the molecule is CN(Cc1ccco1)C(=O)C1CCN(c2ccc(N3CCCCC3)nn2)CC1. The molecule has 2 aliphatic heterocycles. The molecule has 0 aromatic carbocycles. The Balaban J connectivity index is 1.29. The summed E-state index contributed by atoms with van der Waals surface area (Å²) in [4.78, 5) is 19.0. The summed E-state index contributed by atoms with van der Waals surface area (Å²) in [5, 5.41) is 8.91. The quantitative estimate of drug-likeness (QED) is 0.791. The van der Waals surface area contributed by atoms with Crippen LogP contribution in [0.5, 0.6) is 0 Å². The van der Waals surface area contributed by atoms with E-state index < -0.39 is 0 Å². The van der Waals surface area contributed by atoms with Crippen molar-refractivity contribution >= 4 is 17.5 Å². The van der Waals surface area contributed by atoms with Gasteiger partial charge in [-0.25, -0.2) is 0 Å². The normalized spacial score (nSPS) is 18.3. The number of aromatic nitrogens is 2. The minimum atomic E-state index is 0.0665. The number of nitrogens with zero attached hydrogens (tertiary/aromatic N) is 5. The van der Waals surface area contributed by atoms with E-state index in [1.165, 1.54) is 19.3 Å². The lowest BCUT2D eigenvalue weighted by molar-refractivity contribution is -0.135. The number of carbonyl (C=O) groups excluding carboxylic acids is 1. The predicted octanol–water partition coefficient (Wildman–Crippen LogP) is 2.93. The minimum absolute atomic E-state index is 0.0665. The van der Waals surface area contributed by atoms with Crippen LogP contribution in [0.1, 0.15) is 37.9 Å². The Morgan fingerprint density at radius 3 is 2.25 bits per heavy atom. The molecule has 4 heterocycles. The van der Waals surface area contributed by atoms with Crippen LogP contribution in [0.4, 0.5) is 11.6 Å². The molecule has 0 saturated carbocycles. The van der Waals surface area contributed by atoms with Crippen molar-refractivity contribution < 1.29 is 9.21 Å². The maximum absolute atomic E-state index is 12.7. The van der Waals surface area contributed by atoms with Crippen LogP contribution in [-0.2, 0) is 11.3 Å². The predicted molar refractivity (Wildman–Crippen MR) is 108 cm³/mol. The fourth-order valence-corrected chi connectivity index (χ4v) is 4.16. The molecule has 0 N–H and O–H groups in total. The zero-order chi connectivity index (χ0) is 19.3. The molecule has 2 fully saturated rings. The van der Waals surface area contributed by atoms with Crippen molar-refractivity contribution in [3.8, 4) is 0 Å². The summed E-state index contributed by atoms with van der Waals surface area (Å²) in [6.45, 7) is 4.35. The van der Waals surface area contributed by atoms with Gasteiger partial charge >= 0.3 is 0 Å². The molecule has 0 bridgehead atoms. The highest BCUT2D eigenvalue weighted by Crippen LogP contribution is 2.25. The zero-order valence-corrected chi connectivity index (χ0v) is 16.6. The maximum atomic E-state index is 12.7. The van der Waals surface area contributed by atoms with Gasteiger partial charge in [0.2, 0.25) is 5.91 Å². The molecule has 2 aliphatic rings. The summed E-state index contributed by atoms with van der Waals surface area (Å²) in [6, 6.07) is 7.91. The van der Waals surface area contributed by atoms with E-state index >= 15 is 0 Å². The summed E-state index contributed by atoms with van der Waals surface area (Å²) in [6.07, 6.45) is 7.11. The molecule has 2 aromatic heterocycles. The van der Waals surface area contributed by atoms with Crippen molar-refractivity contribution in [3.05, 3.63) is 36.3 Å². The topological polar surface area (TPSA) is 65.7 Å². The number of anilines is 2. The Labute approximate surface area is 166 Å². The third-order valence-electron chi connectivity index (χ3n) is 5.83. The van der Waals surface area contributed by atoms with Crippen LogP contribution in [-0.4, -0.2) is 54.2 Å². The van der Waals surface area contributed by atoms with Gasteiger partial charge in [-0.1, -0.05) is 0 Å². The van der Waals surface area contributed by atoms with Crippen LogP contribution in [0.25, 0.3) is 0 Å². The van der Waals surface area contributed by atoms with Crippen LogP contribution in [0, 0.1) is 5.92 Å². The van der Waals surface area contributed by atoms with E-state index in [0.29, 0.717) is 6.54 Å². The van der Waals surface area contributed by atoms with Crippen LogP contribution in [0.15, 0.2) is 34.9 Å². The second-order valence-corrected chi connectivity index (χ2v) is 7.83. The van der Waals surface area contributed by atoms with Crippen molar-refractivity contribution in [1.29, 1.82) is 0 Å². The molecule has 7 nitrogen and oxygen atoms in total. The number of hydrogen-bond donors (Lipinski definition) is 0. The summed E-state index contributed by atoms with van der Waals surface area (Å²) < 4.78 is 5.35. The van der Waals surface area contributed by atoms with E-state index in [2.05, 4.69) is 32.1 Å². The first kappa shape index (κ1) is 18.8. The lowest BCUT2D eigenvalue weighted by Crippen LogP contribution is -2.41. The Bertz CT molecular complexity index is 748. The van der Waals surface area contributed by atoms with Gasteiger partial charge in [0.15, 0.2) is 11.6 Å². The van der Waals surface area contributed by atoms with Crippen LogP contribution < -0.4 is 9.80 Å². The van der Waals surface area contributed by atoms with Crippen LogP contribution >= 0.6 is 0 Å². The summed E-state index contributed by atoms with van der Waals surface area (Å²) in [5.74, 6) is 2.97. The Kier molecular flexibility index (Phi) is 5.78. The Morgan fingerprint density at radius 2 is 1.68 bits per heavy atom. The van der Waals surface area contributed by atoms with Gasteiger partial charge in [0.1, 0.15) is 5.76 Å². The van der Waals surface area contributed by atoms with Crippen molar-refractivity contribution in [2.75, 3.05) is 43.0 Å². The van der Waals surface area contributed by atoms with E-state index in [0.717, 1.165) is 56.4 Å². The number of furan rings is 1. The number of piperidine rings is 2. The molecule has 28 heavy (non-hydrogen) atoms. The lowest BCUT2D eigenvalue weighted by Gasteiger charge is -2.33. The molecular weight excluding hydrogens is 354 g/mol. The molecule has 0 spiro atoms. The molecule has 2 saturated heterocycles. The molecule has 7 heteroatoms. The molecule has 0 atom stereocenters. The molecule has 0 unspecified atom stereocenters. The van der Waals surface area contributed by atoms with Crippen LogP contribution in [0.3, 0.4) is 0 Å². The number of rotatable bonds is 5. The average molecular weight is 383 g/mol. The van der Waals surface area contributed by atoms with Gasteiger partial charge in [-0.15, -0.1) is 10.2 Å².